The zero-order valence-corrected chi connectivity index (χ0v) is 30.4. The van der Waals surface area contributed by atoms with Crippen molar-refractivity contribution < 1.29 is 47.5 Å². The number of hydrogen-bond acceptors (Lipinski definition) is 10. The van der Waals surface area contributed by atoms with Crippen molar-refractivity contribution in [2.75, 3.05) is 42.7 Å². The monoisotopic (exact) mass is 698 g/mol. The van der Waals surface area contributed by atoms with Gasteiger partial charge in [0.05, 0.1) is 42.7 Å². The molecule has 0 N–H and O–H groups in total. The largest absolute Gasteiger partial charge is 0.493 e. The number of ether oxygens (including phenoxy) is 8. The van der Waals surface area contributed by atoms with Gasteiger partial charge in [0.1, 0.15) is 0 Å². The molecule has 1 aliphatic carbocycles. The maximum absolute atomic E-state index is 13.2. The summed E-state index contributed by atoms with van der Waals surface area (Å²) in [5.41, 5.74) is 3.22. The number of hydrogen-bond donors (Lipinski definition) is 0. The molecule has 0 saturated heterocycles. The van der Waals surface area contributed by atoms with E-state index in [1.165, 1.54) is 14.2 Å². The van der Waals surface area contributed by atoms with E-state index in [-0.39, 0.29) is 11.6 Å². The van der Waals surface area contributed by atoms with Crippen molar-refractivity contribution in [1.29, 1.82) is 0 Å². The number of methoxy groups -OCH3 is 6. The molecule has 1 saturated carbocycles. The van der Waals surface area contributed by atoms with Gasteiger partial charge in [0.15, 0.2) is 58.2 Å². The lowest BCUT2D eigenvalue weighted by molar-refractivity contribution is 0.0808. The fourth-order valence-corrected chi connectivity index (χ4v) is 6.59. The lowest BCUT2D eigenvalue weighted by Gasteiger charge is -2.20. The molecule has 5 rings (SSSR count). The number of carbonyl (C=O) groups excluding carboxylic acids is 2. The summed E-state index contributed by atoms with van der Waals surface area (Å²) in [6, 6.07) is 21.9. The first kappa shape index (κ1) is 36.9. The Kier molecular flexibility index (Phi) is 12.0. The Labute approximate surface area is 299 Å². The van der Waals surface area contributed by atoms with E-state index < -0.39 is 12.2 Å². The third-order valence-electron chi connectivity index (χ3n) is 9.43. The van der Waals surface area contributed by atoms with Crippen molar-refractivity contribution >= 4 is 11.6 Å². The lowest BCUT2D eigenvalue weighted by atomic mass is 9.92. The van der Waals surface area contributed by atoms with E-state index in [0.29, 0.717) is 69.0 Å². The Hall–Kier alpha value is -5.38. The molecule has 10 nitrogen and oxygen atoms in total. The van der Waals surface area contributed by atoms with Crippen LogP contribution < -0.4 is 37.9 Å². The average molecular weight is 699 g/mol. The van der Waals surface area contributed by atoms with Crippen LogP contribution in [0.2, 0.25) is 0 Å². The molecular formula is C41H46O10. The quantitative estimate of drug-likeness (QED) is 0.107. The van der Waals surface area contributed by atoms with Crippen LogP contribution in [0.15, 0.2) is 72.8 Å². The molecule has 0 bridgehead atoms. The van der Waals surface area contributed by atoms with Crippen molar-refractivity contribution in [3.8, 4) is 46.0 Å². The zero-order valence-electron chi connectivity index (χ0n) is 30.4. The third kappa shape index (κ3) is 8.17. The van der Waals surface area contributed by atoms with Crippen molar-refractivity contribution in [2.24, 2.45) is 0 Å². The molecule has 0 radical (unpaired) electrons. The summed E-state index contributed by atoms with van der Waals surface area (Å²) in [7, 11) is 9.36. The van der Waals surface area contributed by atoms with Gasteiger partial charge < -0.3 is 37.9 Å². The van der Waals surface area contributed by atoms with E-state index in [1.54, 1.807) is 78.7 Å². The summed E-state index contributed by atoms with van der Waals surface area (Å²) < 4.78 is 44.9. The SMILES string of the molecule is COc1ccc(C(=O)C(C)Oc2ccc(C3CCC(c4ccc(OC(C)C(=O)c5ccc(OC)c(OC)c5)c(OC)c4)C3)cc2OC)cc1OC. The van der Waals surface area contributed by atoms with Crippen LogP contribution in [-0.2, 0) is 0 Å². The number of carbonyl (C=O) groups is 2. The normalized spacial score (nSPS) is 16.4. The molecule has 270 valence electrons. The molecule has 1 aliphatic rings. The van der Waals surface area contributed by atoms with E-state index >= 15 is 0 Å². The van der Waals surface area contributed by atoms with Crippen LogP contribution in [0.3, 0.4) is 0 Å². The van der Waals surface area contributed by atoms with Crippen LogP contribution in [0.1, 0.15) is 76.8 Å². The summed E-state index contributed by atoms with van der Waals surface area (Å²) in [6.45, 7) is 3.44. The molecule has 0 aliphatic heterocycles. The standard InChI is InChI=1S/C41H46O10/c1-24(40(42)30-13-15-32(44-3)36(22-30)46-5)50-34-17-11-28(20-38(34)48-7)26-9-10-27(19-26)29-12-18-35(39(21-29)49-8)51-25(2)41(43)31-14-16-33(45-4)37(23-31)47-6/h11-18,20-27H,9-10,19H2,1-8H3. The highest BCUT2D eigenvalue weighted by Crippen LogP contribution is 2.47. The minimum atomic E-state index is -0.757. The molecule has 0 amide bonds. The van der Waals surface area contributed by atoms with Crippen molar-refractivity contribution in [2.45, 2.75) is 57.2 Å². The summed E-state index contributed by atoms with van der Waals surface area (Å²) >= 11 is 0. The van der Waals surface area contributed by atoms with Crippen LogP contribution in [0, 0.1) is 0 Å². The maximum Gasteiger partial charge on any atom is 0.203 e. The van der Waals surface area contributed by atoms with E-state index in [1.807, 2.05) is 36.4 Å². The number of rotatable bonds is 16. The van der Waals surface area contributed by atoms with Gasteiger partial charge in [-0.2, -0.15) is 0 Å². The van der Waals surface area contributed by atoms with E-state index in [2.05, 4.69) is 0 Å². The Morgan fingerprint density at radius 2 is 0.804 bits per heavy atom. The van der Waals surface area contributed by atoms with Crippen LogP contribution in [0.5, 0.6) is 46.0 Å². The van der Waals surface area contributed by atoms with Gasteiger partial charge in [-0.05, 0) is 117 Å². The first-order valence-electron chi connectivity index (χ1n) is 16.9. The molecule has 4 aromatic rings. The Morgan fingerprint density at radius 3 is 1.16 bits per heavy atom. The van der Waals surface area contributed by atoms with Gasteiger partial charge in [-0.1, -0.05) is 12.1 Å². The molecule has 51 heavy (non-hydrogen) atoms. The summed E-state index contributed by atoms with van der Waals surface area (Å²) in [4.78, 5) is 26.4. The second kappa shape index (κ2) is 16.6. The second-order valence-electron chi connectivity index (χ2n) is 12.4. The lowest BCUT2D eigenvalue weighted by Crippen LogP contribution is -2.24. The summed E-state index contributed by atoms with van der Waals surface area (Å²) in [5.74, 6) is 4.42. The molecule has 0 spiro atoms. The summed E-state index contributed by atoms with van der Waals surface area (Å²) in [5, 5.41) is 0. The molecule has 0 heterocycles. The highest BCUT2D eigenvalue weighted by atomic mass is 16.5. The van der Waals surface area contributed by atoms with E-state index in [9.17, 15) is 9.59 Å². The van der Waals surface area contributed by atoms with Gasteiger partial charge in [0, 0.05) is 11.1 Å². The van der Waals surface area contributed by atoms with Crippen LogP contribution in [0.25, 0.3) is 0 Å². The first-order valence-corrected chi connectivity index (χ1v) is 16.9. The first-order chi connectivity index (χ1) is 24.6. The Balaban J connectivity index is 1.23. The fourth-order valence-electron chi connectivity index (χ4n) is 6.59. The minimum Gasteiger partial charge on any atom is -0.493 e. The molecule has 4 aromatic carbocycles. The Morgan fingerprint density at radius 1 is 0.471 bits per heavy atom. The topological polar surface area (TPSA) is 108 Å². The number of benzene rings is 4. The highest BCUT2D eigenvalue weighted by Gasteiger charge is 2.29. The minimum absolute atomic E-state index is 0.188. The zero-order chi connectivity index (χ0) is 36.7. The van der Waals surface area contributed by atoms with E-state index in [4.69, 9.17) is 37.9 Å². The number of ketones is 2. The molecule has 1 fully saturated rings. The molecule has 10 heteroatoms. The average Bonchev–Trinajstić information content (AvgIpc) is 3.67. The molecule has 4 atom stereocenters. The smallest absolute Gasteiger partial charge is 0.203 e. The predicted octanol–water partition coefficient (Wildman–Crippen LogP) is 8.09. The van der Waals surface area contributed by atoms with Crippen LogP contribution >= 0.6 is 0 Å². The molecular weight excluding hydrogens is 652 g/mol. The molecule has 4 unspecified atom stereocenters. The van der Waals surface area contributed by atoms with Crippen molar-refractivity contribution in [1.82, 2.24) is 0 Å². The highest BCUT2D eigenvalue weighted by molar-refractivity contribution is 6.00. The maximum atomic E-state index is 13.2. The van der Waals surface area contributed by atoms with Gasteiger partial charge in [0.25, 0.3) is 0 Å². The fraction of sp³-hybridized carbons (Fsp3) is 0.366. The van der Waals surface area contributed by atoms with Gasteiger partial charge in [-0.3, -0.25) is 9.59 Å². The summed E-state index contributed by atoms with van der Waals surface area (Å²) in [6.07, 6.45) is 1.43. The van der Waals surface area contributed by atoms with Crippen LogP contribution in [-0.4, -0.2) is 66.4 Å². The second-order valence-corrected chi connectivity index (χ2v) is 12.4. The van der Waals surface area contributed by atoms with Gasteiger partial charge in [0.2, 0.25) is 11.6 Å². The van der Waals surface area contributed by atoms with Crippen LogP contribution in [0.4, 0.5) is 0 Å². The van der Waals surface area contributed by atoms with Crippen molar-refractivity contribution in [3.05, 3.63) is 95.1 Å². The molecule has 0 aromatic heterocycles. The predicted molar refractivity (Wildman–Crippen MR) is 193 cm³/mol. The van der Waals surface area contributed by atoms with Gasteiger partial charge in [-0.25, -0.2) is 0 Å². The van der Waals surface area contributed by atoms with Gasteiger partial charge >= 0.3 is 0 Å². The van der Waals surface area contributed by atoms with E-state index in [0.717, 1.165) is 30.4 Å². The third-order valence-corrected chi connectivity index (χ3v) is 9.43. The number of Topliss-reactive ketones (excluding diaryl/α,β-unsaturated/α-hetero) is 2. The van der Waals surface area contributed by atoms with Crippen molar-refractivity contribution in [3.63, 3.8) is 0 Å². The van der Waals surface area contributed by atoms with Gasteiger partial charge in [-0.15, -0.1) is 0 Å². The Bertz CT molecular complexity index is 1720.